The maximum atomic E-state index is 12.6. The molecule has 8 heteroatoms. The van der Waals surface area contributed by atoms with Gasteiger partial charge in [-0.2, -0.15) is 0 Å². The molecule has 0 saturated carbocycles. The second kappa shape index (κ2) is 8.32. The number of benzene rings is 2. The molecule has 0 aromatic heterocycles. The van der Waals surface area contributed by atoms with Crippen molar-refractivity contribution in [1.82, 2.24) is 0 Å². The van der Waals surface area contributed by atoms with Crippen molar-refractivity contribution in [2.45, 2.75) is 6.10 Å². The maximum Gasteiger partial charge on any atom is 0.344 e. The molecule has 1 atom stereocenters. The van der Waals surface area contributed by atoms with Crippen molar-refractivity contribution in [2.24, 2.45) is 0 Å². The summed E-state index contributed by atoms with van der Waals surface area (Å²) in [7, 11) is 7.26. The van der Waals surface area contributed by atoms with Gasteiger partial charge in [0, 0.05) is 12.7 Å². The van der Waals surface area contributed by atoms with Crippen molar-refractivity contribution in [1.29, 1.82) is 0 Å². The molecule has 8 nitrogen and oxygen atoms in total. The predicted octanol–water partition coefficient (Wildman–Crippen LogP) is 2.79. The lowest BCUT2D eigenvalue weighted by Gasteiger charge is -2.19. The fraction of sp³-hybridized carbons (Fsp3) is 0.286. The zero-order valence-corrected chi connectivity index (χ0v) is 16.8. The summed E-state index contributed by atoms with van der Waals surface area (Å²) in [6, 6.07) is 6.58. The van der Waals surface area contributed by atoms with E-state index in [9.17, 15) is 9.90 Å². The summed E-state index contributed by atoms with van der Waals surface area (Å²) < 4.78 is 32.3. The van der Waals surface area contributed by atoms with Crippen molar-refractivity contribution in [3.63, 3.8) is 0 Å². The number of esters is 1. The van der Waals surface area contributed by atoms with E-state index in [0.717, 1.165) is 0 Å². The van der Waals surface area contributed by atoms with E-state index in [1.807, 2.05) is 0 Å². The van der Waals surface area contributed by atoms with Crippen LogP contribution in [0, 0.1) is 0 Å². The van der Waals surface area contributed by atoms with Crippen LogP contribution in [0.4, 0.5) is 0 Å². The Kier molecular flexibility index (Phi) is 5.84. The Morgan fingerprint density at radius 2 is 1.59 bits per heavy atom. The first kappa shape index (κ1) is 20.3. The third-order valence-corrected chi connectivity index (χ3v) is 4.57. The first-order valence-electron chi connectivity index (χ1n) is 8.66. The largest absolute Gasteiger partial charge is 0.504 e. The fourth-order valence-corrected chi connectivity index (χ4v) is 3.17. The molecule has 0 saturated heterocycles. The molecule has 1 unspecified atom stereocenters. The Bertz CT molecular complexity index is 964. The molecule has 0 radical (unpaired) electrons. The molecule has 0 aliphatic carbocycles. The SMILES string of the molecule is COc1ccc(C2=CC(OC)C(=O)Oc3c2cc(OC)c(OC)c3OC)cc1O. The number of carbonyl (C=O) groups is 1. The van der Waals surface area contributed by atoms with Crippen LogP contribution in [-0.4, -0.2) is 52.7 Å². The highest BCUT2D eigenvalue weighted by Gasteiger charge is 2.32. The molecule has 2 aromatic rings. The molecule has 1 N–H and O–H groups in total. The number of phenolic OH excluding ortho intramolecular Hbond substituents is 1. The van der Waals surface area contributed by atoms with Crippen LogP contribution in [-0.2, 0) is 9.53 Å². The zero-order valence-electron chi connectivity index (χ0n) is 16.8. The quantitative estimate of drug-likeness (QED) is 0.583. The molecular weight excluding hydrogens is 380 g/mol. The minimum absolute atomic E-state index is 0.0506. The van der Waals surface area contributed by atoms with Crippen molar-refractivity contribution < 1.29 is 38.3 Å². The van der Waals surface area contributed by atoms with Crippen molar-refractivity contribution in [2.75, 3.05) is 35.5 Å². The number of methoxy groups -OCH3 is 5. The van der Waals surface area contributed by atoms with Gasteiger partial charge in [-0.05, 0) is 35.4 Å². The van der Waals surface area contributed by atoms with Crippen LogP contribution < -0.4 is 23.7 Å². The average Bonchev–Trinajstić information content (AvgIpc) is 2.87. The summed E-state index contributed by atoms with van der Waals surface area (Å²) in [5.41, 5.74) is 1.70. The zero-order chi connectivity index (χ0) is 21.1. The summed E-state index contributed by atoms with van der Waals surface area (Å²) in [4.78, 5) is 12.6. The normalized spacial score (nSPS) is 15.6. The number of hydrogen-bond acceptors (Lipinski definition) is 8. The van der Waals surface area contributed by atoms with E-state index >= 15 is 0 Å². The Morgan fingerprint density at radius 1 is 0.897 bits per heavy atom. The number of ether oxygens (including phenoxy) is 6. The molecule has 1 aliphatic heterocycles. The van der Waals surface area contributed by atoms with Crippen LogP contribution in [0.5, 0.6) is 34.5 Å². The number of rotatable bonds is 6. The Balaban J connectivity index is 2.33. The van der Waals surface area contributed by atoms with Gasteiger partial charge < -0.3 is 33.5 Å². The molecule has 0 spiro atoms. The molecule has 0 bridgehead atoms. The maximum absolute atomic E-state index is 12.6. The van der Waals surface area contributed by atoms with Crippen LogP contribution in [0.3, 0.4) is 0 Å². The van der Waals surface area contributed by atoms with Crippen molar-refractivity contribution >= 4 is 11.5 Å². The van der Waals surface area contributed by atoms with Gasteiger partial charge in [0.1, 0.15) is 0 Å². The van der Waals surface area contributed by atoms with E-state index in [0.29, 0.717) is 28.2 Å². The van der Waals surface area contributed by atoms with Gasteiger partial charge in [-0.1, -0.05) is 6.07 Å². The topological polar surface area (TPSA) is 92.7 Å². The lowest BCUT2D eigenvalue weighted by Crippen LogP contribution is -2.25. The molecule has 1 heterocycles. The minimum atomic E-state index is -0.969. The average molecular weight is 402 g/mol. The van der Waals surface area contributed by atoms with Gasteiger partial charge >= 0.3 is 5.97 Å². The molecule has 154 valence electrons. The van der Waals surface area contributed by atoms with Gasteiger partial charge in [0.25, 0.3) is 0 Å². The van der Waals surface area contributed by atoms with E-state index in [-0.39, 0.29) is 23.0 Å². The molecule has 29 heavy (non-hydrogen) atoms. The van der Waals surface area contributed by atoms with E-state index in [4.69, 9.17) is 28.4 Å². The Morgan fingerprint density at radius 3 is 2.14 bits per heavy atom. The monoisotopic (exact) mass is 402 g/mol. The van der Waals surface area contributed by atoms with Gasteiger partial charge in [-0.3, -0.25) is 0 Å². The molecular formula is C21H22O8. The van der Waals surface area contributed by atoms with E-state index in [1.165, 1.54) is 41.6 Å². The fourth-order valence-electron chi connectivity index (χ4n) is 3.17. The Labute approximate surface area is 168 Å². The summed E-state index contributed by atoms with van der Waals surface area (Å²) in [6.07, 6.45) is 0.643. The number of hydrogen-bond donors (Lipinski definition) is 1. The summed E-state index contributed by atoms with van der Waals surface area (Å²) >= 11 is 0. The van der Waals surface area contributed by atoms with E-state index in [1.54, 1.807) is 24.3 Å². The highest BCUT2D eigenvalue weighted by Crippen LogP contribution is 2.51. The molecule has 0 amide bonds. The molecule has 0 fully saturated rings. The van der Waals surface area contributed by atoms with Gasteiger partial charge in [0.05, 0.1) is 28.4 Å². The second-order valence-electron chi connectivity index (χ2n) is 6.07. The standard InChI is InChI=1S/C21H22O8/c1-24-15-7-6-11(8-14(15)22)12-9-17(26-3)21(23)29-18-13(12)10-16(25-2)19(27-4)20(18)28-5/h6-10,17,22H,1-5H3. The minimum Gasteiger partial charge on any atom is -0.504 e. The second-order valence-corrected chi connectivity index (χ2v) is 6.07. The third-order valence-electron chi connectivity index (χ3n) is 4.57. The number of carbonyl (C=O) groups excluding carboxylic acids is 1. The number of phenols is 1. The van der Waals surface area contributed by atoms with Gasteiger partial charge in [0.15, 0.2) is 29.1 Å². The molecule has 1 aliphatic rings. The van der Waals surface area contributed by atoms with Gasteiger partial charge in [-0.25, -0.2) is 4.79 Å². The smallest absolute Gasteiger partial charge is 0.344 e. The highest BCUT2D eigenvalue weighted by molar-refractivity contribution is 5.94. The number of fused-ring (bicyclic) bond motifs is 1. The highest BCUT2D eigenvalue weighted by atomic mass is 16.6. The first-order valence-corrected chi connectivity index (χ1v) is 8.66. The summed E-state index contributed by atoms with van der Waals surface area (Å²) in [5.74, 6) is 0.695. The Hall–Kier alpha value is -3.39. The van der Waals surface area contributed by atoms with Gasteiger partial charge in [0.2, 0.25) is 11.5 Å². The van der Waals surface area contributed by atoms with Crippen LogP contribution in [0.2, 0.25) is 0 Å². The van der Waals surface area contributed by atoms with Crippen molar-refractivity contribution in [3.05, 3.63) is 41.5 Å². The van der Waals surface area contributed by atoms with Crippen LogP contribution in [0.15, 0.2) is 30.3 Å². The first-order chi connectivity index (χ1) is 14.0. The van der Waals surface area contributed by atoms with E-state index in [2.05, 4.69) is 0 Å². The van der Waals surface area contributed by atoms with E-state index < -0.39 is 12.1 Å². The van der Waals surface area contributed by atoms with Crippen molar-refractivity contribution in [3.8, 4) is 34.5 Å². The van der Waals surface area contributed by atoms with Crippen LogP contribution in [0.25, 0.3) is 5.57 Å². The summed E-state index contributed by atoms with van der Waals surface area (Å²) in [5, 5.41) is 10.2. The summed E-state index contributed by atoms with van der Waals surface area (Å²) in [6.45, 7) is 0. The van der Waals surface area contributed by atoms with Crippen LogP contribution >= 0.6 is 0 Å². The van der Waals surface area contributed by atoms with Gasteiger partial charge in [-0.15, -0.1) is 0 Å². The lowest BCUT2D eigenvalue weighted by atomic mass is 9.95. The number of aromatic hydroxyl groups is 1. The predicted molar refractivity (Wildman–Crippen MR) is 104 cm³/mol. The molecule has 3 rings (SSSR count). The van der Waals surface area contributed by atoms with Crippen LogP contribution in [0.1, 0.15) is 11.1 Å². The lowest BCUT2D eigenvalue weighted by molar-refractivity contribution is -0.142. The molecule has 2 aromatic carbocycles. The third kappa shape index (κ3) is 3.54.